The van der Waals surface area contributed by atoms with Gasteiger partial charge < -0.3 is 9.84 Å². The Labute approximate surface area is 174 Å². The number of ether oxygens (including phenoxy) is 1. The van der Waals surface area contributed by atoms with Crippen molar-refractivity contribution in [2.24, 2.45) is 7.05 Å². The molecule has 1 heterocycles. The van der Waals surface area contributed by atoms with Crippen molar-refractivity contribution in [3.8, 4) is 5.75 Å². The zero-order chi connectivity index (χ0) is 23.5. The van der Waals surface area contributed by atoms with E-state index >= 15 is 0 Å². The topological polar surface area (TPSA) is 81.4 Å². The number of halogens is 4. The molecule has 1 N–H and O–H groups in total. The summed E-state index contributed by atoms with van der Waals surface area (Å²) in [4.78, 5) is 27.2. The molecule has 1 aromatic heterocycles. The van der Waals surface area contributed by atoms with Crippen molar-refractivity contribution in [1.82, 2.24) is 9.55 Å². The molecule has 166 valence electrons. The van der Waals surface area contributed by atoms with E-state index in [4.69, 9.17) is 9.84 Å². The summed E-state index contributed by atoms with van der Waals surface area (Å²) in [5.41, 5.74) is -2.42. The van der Waals surface area contributed by atoms with Crippen LogP contribution in [0.1, 0.15) is 41.2 Å². The van der Waals surface area contributed by atoms with Crippen LogP contribution in [0, 0.1) is 12.7 Å². The Balaban J connectivity index is 0.00000166. The summed E-state index contributed by atoms with van der Waals surface area (Å²) in [5.74, 6) is -2.56. The maximum atomic E-state index is 14.0. The molecule has 0 bridgehead atoms. The predicted molar refractivity (Wildman–Crippen MR) is 106 cm³/mol. The highest BCUT2D eigenvalue weighted by Gasteiger charge is 2.34. The number of hydrogen-bond acceptors (Lipinski definition) is 4. The fourth-order valence-electron chi connectivity index (χ4n) is 2.76. The number of carboxylic acids is 1. The molecule has 0 fully saturated rings. The van der Waals surface area contributed by atoms with Gasteiger partial charge in [-0.2, -0.15) is 13.2 Å². The third-order valence-electron chi connectivity index (χ3n) is 4.39. The van der Waals surface area contributed by atoms with Crippen molar-refractivity contribution < 1.29 is 32.2 Å². The highest BCUT2D eigenvalue weighted by atomic mass is 19.4. The molecule has 0 saturated carbocycles. The number of aryl methyl sites for hydroxylation is 1. The molecule has 0 aliphatic carbocycles. The van der Waals surface area contributed by atoms with Crippen LogP contribution in [0.15, 0.2) is 35.1 Å². The normalized spacial score (nSPS) is 11.1. The molecule has 10 heteroatoms. The summed E-state index contributed by atoms with van der Waals surface area (Å²) in [5, 5.41) is 8.80. The first kappa shape index (κ1) is 23.8. The third-order valence-corrected chi connectivity index (χ3v) is 4.39. The number of carboxylic acid groups (broad SMARTS) is 1. The monoisotopic (exact) mass is 440 g/mol. The summed E-state index contributed by atoms with van der Waals surface area (Å²) in [6.45, 7) is 4.81. The first-order valence-corrected chi connectivity index (χ1v) is 9.22. The molecule has 0 spiro atoms. The lowest BCUT2D eigenvalue weighted by Gasteiger charge is -2.16. The molecule has 3 aromatic rings. The number of alkyl halides is 3. The van der Waals surface area contributed by atoms with Gasteiger partial charge in [-0.25, -0.2) is 14.2 Å². The number of fused-ring (bicyclic) bond motifs is 1. The van der Waals surface area contributed by atoms with E-state index in [9.17, 15) is 27.2 Å². The second-order valence-electron chi connectivity index (χ2n) is 6.29. The van der Waals surface area contributed by atoms with Gasteiger partial charge >= 0.3 is 12.1 Å². The Morgan fingerprint density at radius 3 is 2.39 bits per heavy atom. The number of nitrogens with zero attached hydrogens (tertiary/aromatic N) is 2. The van der Waals surface area contributed by atoms with Crippen LogP contribution in [0.4, 0.5) is 17.6 Å². The zero-order valence-electron chi connectivity index (χ0n) is 17.2. The van der Waals surface area contributed by atoms with E-state index in [0.717, 1.165) is 24.3 Å². The summed E-state index contributed by atoms with van der Waals surface area (Å²) in [6.07, 6.45) is -4.75. The number of hydrogen-bond donors (Lipinski definition) is 1. The lowest BCUT2D eigenvalue weighted by Crippen LogP contribution is -2.22. The Morgan fingerprint density at radius 1 is 1.19 bits per heavy atom. The second kappa shape index (κ2) is 9.15. The molecule has 0 aliphatic heterocycles. The molecule has 0 unspecified atom stereocenters. The summed E-state index contributed by atoms with van der Waals surface area (Å²) in [6, 6.07) is 4.55. The molecular weight excluding hydrogens is 420 g/mol. The zero-order valence-corrected chi connectivity index (χ0v) is 17.2. The Bertz CT molecular complexity index is 1190. The minimum absolute atomic E-state index is 0.0357. The molecular formula is C21H20F4N2O4. The van der Waals surface area contributed by atoms with E-state index in [2.05, 4.69) is 4.98 Å². The van der Waals surface area contributed by atoms with Crippen LogP contribution >= 0.6 is 0 Å². The average molecular weight is 440 g/mol. The average Bonchev–Trinajstić information content (AvgIpc) is 2.71. The van der Waals surface area contributed by atoms with Crippen LogP contribution in [0.3, 0.4) is 0 Å². The largest absolute Gasteiger partial charge is 0.486 e. The summed E-state index contributed by atoms with van der Waals surface area (Å²) in [7, 11) is 1.44. The van der Waals surface area contributed by atoms with Gasteiger partial charge in [-0.1, -0.05) is 13.8 Å². The van der Waals surface area contributed by atoms with E-state index in [-0.39, 0.29) is 27.9 Å². The highest BCUT2D eigenvalue weighted by molar-refractivity contribution is 5.87. The molecule has 0 saturated heterocycles. The maximum absolute atomic E-state index is 14.0. The minimum atomic E-state index is -4.75. The second-order valence-corrected chi connectivity index (χ2v) is 6.29. The van der Waals surface area contributed by atoms with Crippen LogP contribution in [0.25, 0.3) is 10.9 Å². The number of aromatic nitrogens is 2. The van der Waals surface area contributed by atoms with Crippen LogP contribution in [-0.4, -0.2) is 20.6 Å². The first-order valence-electron chi connectivity index (χ1n) is 9.22. The van der Waals surface area contributed by atoms with Gasteiger partial charge in [-0.05, 0) is 37.3 Å². The van der Waals surface area contributed by atoms with E-state index < -0.39 is 41.4 Å². The first-order chi connectivity index (χ1) is 14.5. The third kappa shape index (κ3) is 5.01. The lowest BCUT2D eigenvalue weighted by molar-refractivity contribution is -0.138. The Hall–Kier alpha value is -3.43. The fraction of sp³-hybridized carbons (Fsp3) is 0.286. The van der Waals surface area contributed by atoms with Gasteiger partial charge in [0.05, 0.1) is 22.0 Å². The standard InChI is InChI=1S/C19H14F4N2O4.C2H6/c1-9-24-15-7-13(19(21,22)23)11(5-12(15)17(26)25(9)2)8-29-16-4-3-10(18(27)28)6-14(16)20;1-2/h3-7H,8H2,1-2H3,(H,27,28);1-2H3. The van der Waals surface area contributed by atoms with E-state index in [1.54, 1.807) is 0 Å². The summed E-state index contributed by atoms with van der Waals surface area (Å²) < 4.78 is 60.8. The molecule has 0 aliphatic rings. The molecule has 6 nitrogen and oxygen atoms in total. The van der Waals surface area contributed by atoms with Crippen LogP contribution in [0.5, 0.6) is 5.75 Å². The molecule has 0 radical (unpaired) electrons. The van der Waals surface area contributed by atoms with Crippen molar-refractivity contribution in [2.75, 3.05) is 0 Å². The highest BCUT2D eigenvalue weighted by Crippen LogP contribution is 2.34. The molecule has 2 aromatic carbocycles. The Kier molecular flexibility index (Phi) is 7.04. The van der Waals surface area contributed by atoms with Gasteiger partial charge in [0.1, 0.15) is 12.4 Å². The van der Waals surface area contributed by atoms with Crippen molar-refractivity contribution in [3.63, 3.8) is 0 Å². The fourth-order valence-corrected chi connectivity index (χ4v) is 2.76. The van der Waals surface area contributed by atoms with Crippen LogP contribution in [-0.2, 0) is 19.8 Å². The van der Waals surface area contributed by atoms with Crippen LogP contribution < -0.4 is 10.3 Å². The van der Waals surface area contributed by atoms with Gasteiger partial charge in [-0.3, -0.25) is 9.36 Å². The molecule has 0 amide bonds. The number of aromatic carboxylic acids is 1. The van der Waals surface area contributed by atoms with Crippen LogP contribution in [0.2, 0.25) is 0 Å². The van der Waals surface area contributed by atoms with E-state index in [1.165, 1.54) is 18.5 Å². The number of rotatable bonds is 4. The quantitative estimate of drug-likeness (QED) is 0.595. The van der Waals surface area contributed by atoms with Gasteiger partial charge in [0.2, 0.25) is 0 Å². The van der Waals surface area contributed by atoms with Gasteiger partial charge in [0.25, 0.3) is 5.56 Å². The SMILES string of the molecule is CC.Cc1nc2cc(C(F)(F)F)c(COc3ccc(C(=O)O)cc3F)cc2c(=O)n1C. The molecule has 0 atom stereocenters. The van der Waals surface area contributed by atoms with Gasteiger partial charge in [0.15, 0.2) is 11.6 Å². The van der Waals surface area contributed by atoms with E-state index in [1.807, 2.05) is 13.8 Å². The van der Waals surface area contributed by atoms with Crippen molar-refractivity contribution >= 4 is 16.9 Å². The molecule has 3 rings (SSSR count). The van der Waals surface area contributed by atoms with Crippen molar-refractivity contribution in [1.29, 1.82) is 0 Å². The minimum Gasteiger partial charge on any atom is -0.486 e. The van der Waals surface area contributed by atoms with E-state index in [0.29, 0.717) is 6.07 Å². The van der Waals surface area contributed by atoms with Gasteiger partial charge in [-0.15, -0.1) is 0 Å². The maximum Gasteiger partial charge on any atom is 0.416 e. The smallest absolute Gasteiger partial charge is 0.416 e. The lowest BCUT2D eigenvalue weighted by atomic mass is 10.0. The van der Waals surface area contributed by atoms with Crippen molar-refractivity contribution in [2.45, 2.75) is 33.6 Å². The molecule has 31 heavy (non-hydrogen) atoms. The number of benzene rings is 2. The van der Waals surface area contributed by atoms with Gasteiger partial charge in [0, 0.05) is 12.6 Å². The van der Waals surface area contributed by atoms with Crippen molar-refractivity contribution in [3.05, 3.63) is 69.0 Å². The Morgan fingerprint density at radius 2 is 1.84 bits per heavy atom. The predicted octanol–water partition coefficient (Wildman–Crippen LogP) is 4.70. The number of carbonyl (C=O) groups is 1. The summed E-state index contributed by atoms with van der Waals surface area (Å²) >= 11 is 0.